The van der Waals surface area contributed by atoms with E-state index in [1.54, 1.807) is 26.3 Å². The molecule has 0 radical (unpaired) electrons. The molecule has 3 aromatic rings. The molecule has 0 amide bonds. The minimum Gasteiger partial charge on any atom is -0.394 e. The SMILES string of the molecule is COCCc1nc(-c2ccc(C)cn2)cc2c(=O)n([C@@H](C)CO)cnc12. The Morgan fingerprint density at radius 3 is 2.73 bits per heavy atom. The predicted octanol–water partition coefficient (Wildman–Crippen LogP) is 1.90. The number of nitrogens with zero attached hydrogens (tertiary/aromatic N) is 4. The van der Waals surface area contributed by atoms with Crippen LogP contribution in [0.1, 0.15) is 24.2 Å². The monoisotopic (exact) mass is 354 g/mol. The van der Waals surface area contributed by atoms with E-state index in [0.717, 1.165) is 5.56 Å². The van der Waals surface area contributed by atoms with Gasteiger partial charge in [0.2, 0.25) is 0 Å². The highest BCUT2D eigenvalue weighted by molar-refractivity contribution is 5.83. The lowest BCUT2D eigenvalue weighted by atomic mass is 10.1. The van der Waals surface area contributed by atoms with Crippen molar-refractivity contribution in [1.82, 2.24) is 19.5 Å². The van der Waals surface area contributed by atoms with Crippen molar-refractivity contribution in [2.45, 2.75) is 26.3 Å². The van der Waals surface area contributed by atoms with Crippen molar-refractivity contribution < 1.29 is 9.84 Å². The van der Waals surface area contributed by atoms with Crippen LogP contribution in [0.3, 0.4) is 0 Å². The van der Waals surface area contributed by atoms with Gasteiger partial charge in [0.25, 0.3) is 5.56 Å². The molecule has 136 valence electrons. The van der Waals surface area contributed by atoms with E-state index in [0.29, 0.717) is 41.0 Å². The van der Waals surface area contributed by atoms with Crippen LogP contribution in [0.4, 0.5) is 0 Å². The van der Waals surface area contributed by atoms with Crippen LogP contribution in [0.15, 0.2) is 35.5 Å². The Kier molecular flexibility index (Phi) is 5.39. The third kappa shape index (κ3) is 3.49. The molecule has 0 unspecified atom stereocenters. The molecule has 0 saturated carbocycles. The lowest BCUT2D eigenvalue weighted by Crippen LogP contribution is -2.26. The molecule has 7 nitrogen and oxygen atoms in total. The number of ether oxygens (including phenoxy) is 1. The number of pyridine rings is 2. The van der Waals surface area contributed by atoms with Crippen molar-refractivity contribution in [2.75, 3.05) is 20.3 Å². The van der Waals surface area contributed by atoms with Crippen molar-refractivity contribution in [3.05, 3.63) is 52.3 Å². The molecule has 3 heterocycles. The second-order valence-corrected chi connectivity index (χ2v) is 6.30. The van der Waals surface area contributed by atoms with Gasteiger partial charge in [-0.25, -0.2) is 9.97 Å². The number of aliphatic hydroxyl groups is 1. The summed E-state index contributed by atoms with van der Waals surface area (Å²) in [6.45, 7) is 4.07. The quantitative estimate of drug-likeness (QED) is 0.727. The van der Waals surface area contributed by atoms with Gasteiger partial charge in [0.15, 0.2) is 0 Å². The molecule has 0 spiro atoms. The molecule has 0 fully saturated rings. The van der Waals surface area contributed by atoms with Gasteiger partial charge in [0.1, 0.15) is 0 Å². The minimum atomic E-state index is -0.351. The number of aliphatic hydroxyl groups excluding tert-OH is 1. The van der Waals surface area contributed by atoms with E-state index < -0.39 is 0 Å². The van der Waals surface area contributed by atoms with Crippen LogP contribution < -0.4 is 5.56 Å². The first kappa shape index (κ1) is 18.2. The molecule has 0 saturated heterocycles. The summed E-state index contributed by atoms with van der Waals surface area (Å²) in [5, 5.41) is 9.85. The maximum absolute atomic E-state index is 12.9. The van der Waals surface area contributed by atoms with Crippen LogP contribution in [0.25, 0.3) is 22.3 Å². The van der Waals surface area contributed by atoms with E-state index in [4.69, 9.17) is 4.74 Å². The first-order valence-corrected chi connectivity index (χ1v) is 8.48. The number of methoxy groups -OCH3 is 1. The Balaban J connectivity index is 2.24. The molecule has 1 N–H and O–H groups in total. The molecule has 3 rings (SSSR count). The Morgan fingerprint density at radius 1 is 1.27 bits per heavy atom. The number of aryl methyl sites for hydroxylation is 1. The second-order valence-electron chi connectivity index (χ2n) is 6.30. The van der Waals surface area contributed by atoms with Crippen LogP contribution in [-0.2, 0) is 11.2 Å². The van der Waals surface area contributed by atoms with Gasteiger partial charge in [-0.05, 0) is 31.5 Å². The number of aromatic nitrogens is 4. The minimum absolute atomic E-state index is 0.138. The summed E-state index contributed by atoms with van der Waals surface area (Å²) in [6.07, 6.45) is 3.78. The summed E-state index contributed by atoms with van der Waals surface area (Å²) in [4.78, 5) is 26.4. The zero-order chi connectivity index (χ0) is 18.7. The number of fused-ring (bicyclic) bond motifs is 1. The fraction of sp³-hybridized carbons (Fsp3) is 0.368. The summed E-state index contributed by atoms with van der Waals surface area (Å²) in [5.74, 6) is 0. The molecule has 0 aliphatic carbocycles. The number of rotatable bonds is 6. The van der Waals surface area contributed by atoms with Gasteiger partial charge in [-0.3, -0.25) is 14.3 Å². The molecular formula is C19H22N4O3. The number of hydrogen-bond donors (Lipinski definition) is 1. The third-order valence-electron chi connectivity index (χ3n) is 4.30. The van der Waals surface area contributed by atoms with Crippen molar-refractivity contribution in [1.29, 1.82) is 0 Å². The summed E-state index contributed by atoms with van der Waals surface area (Å²) in [5.41, 5.74) is 3.42. The lowest BCUT2D eigenvalue weighted by Gasteiger charge is -2.14. The summed E-state index contributed by atoms with van der Waals surface area (Å²) < 4.78 is 6.61. The summed E-state index contributed by atoms with van der Waals surface area (Å²) in [6, 6.07) is 5.21. The number of hydrogen-bond acceptors (Lipinski definition) is 6. The van der Waals surface area contributed by atoms with Gasteiger partial charge in [0.05, 0.1) is 53.6 Å². The normalized spacial score (nSPS) is 12.5. The molecule has 0 bridgehead atoms. The Labute approximate surface area is 151 Å². The first-order chi connectivity index (χ1) is 12.5. The van der Waals surface area contributed by atoms with Crippen molar-refractivity contribution in [2.24, 2.45) is 0 Å². The molecular weight excluding hydrogens is 332 g/mol. The predicted molar refractivity (Wildman–Crippen MR) is 99.1 cm³/mol. The molecule has 3 aromatic heterocycles. The van der Waals surface area contributed by atoms with E-state index in [1.165, 1.54) is 10.9 Å². The average molecular weight is 354 g/mol. The summed E-state index contributed by atoms with van der Waals surface area (Å²) >= 11 is 0. The van der Waals surface area contributed by atoms with Crippen LogP contribution in [0.2, 0.25) is 0 Å². The van der Waals surface area contributed by atoms with Crippen molar-refractivity contribution in [3.63, 3.8) is 0 Å². The zero-order valence-electron chi connectivity index (χ0n) is 15.1. The molecule has 1 atom stereocenters. The van der Waals surface area contributed by atoms with Crippen LogP contribution in [0, 0.1) is 6.92 Å². The molecule has 26 heavy (non-hydrogen) atoms. The van der Waals surface area contributed by atoms with E-state index >= 15 is 0 Å². The lowest BCUT2D eigenvalue weighted by molar-refractivity contribution is 0.201. The van der Waals surface area contributed by atoms with E-state index in [2.05, 4.69) is 15.0 Å². The van der Waals surface area contributed by atoms with Gasteiger partial charge >= 0.3 is 0 Å². The molecule has 7 heteroatoms. The Morgan fingerprint density at radius 2 is 2.08 bits per heavy atom. The van der Waals surface area contributed by atoms with Gasteiger partial charge in [-0.2, -0.15) is 0 Å². The highest BCUT2D eigenvalue weighted by atomic mass is 16.5. The van der Waals surface area contributed by atoms with E-state index in [1.807, 2.05) is 19.1 Å². The smallest absolute Gasteiger partial charge is 0.261 e. The summed E-state index contributed by atoms with van der Waals surface area (Å²) in [7, 11) is 1.62. The second kappa shape index (κ2) is 7.72. The van der Waals surface area contributed by atoms with Crippen molar-refractivity contribution >= 4 is 10.9 Å². The first-order valence-electron chi connectivity index (χ1n) is 8.48. The van der Waals surface area contributed by atoms with E-state index in [-0.39, 0.29) is 18.2 Å². The van der Waals surface area contributed by atoms with Gasteiger partial charge in [-0.1, -0.05) is 6.07 Å². The third-order valence-corrected chi connectivity index (χ3v) is 4.30. The topological polar surface area (TPSA) is 90.1 Å². The van der Waals surface area contributed by atoms with Gasteiger partial charge in [0, 0.05) is 19.7 Å². The fourth-order valence-corrected chi connectivity index (χ4v) is 2.74. The Hall–Kier alpha value is -2.64. The highest BCUT2D eigenvalue weighted by Crippen LogP contribution is 2.21. The zero-order valence-corrected chi connectivity index (χ0v) is 15.1. The van der Waals surface area contributed by atoms with E-state index in [9.17, 15) is 9.90 Å². The van der Waals surface area contributed by atoms with Crippen LogP contribution >= 0.6 is 0 Å². The van der Waals surface area contributed by atoms with Crippen LogP contribution in [-0.4, -0.2) is 44.9 Å². The average Bonchev–Trinajstić information content (AvgIpc) is 2.66. The maximum Gasteiger partial charge on any atom is 0.261 e. The Bertz CT molecular complexity index is 967. The standard InChI is InChI=1S/C19H22N4O3/c1-12-4-5-15(20-9-12)17-8-14-18(16(22-17)6-7-26-3)21-11-23(19(14)25)13(2)10-24/h4-5,8-9,11,13,24H,6-7,10H2,1-3H3/t13-/m0/s1. The highest BCUT2D eigenvalue weighted by Gasteiger charge is 2.15. The molecule has 0 aliphatic heterocycles. The molecule has 0 aliphatic rings. The molecule has 0 aromatic carbocycles. The van der Waals surface area contributed by atoms with Gasteiger partial charge < -0.3 is 9.84 Å². The largest absolute Gasteiger partial charge is 0.394 e. The van der Waals surface area contributed by atoms with Crippen molar-refractivity contribution in [3.8, 4) is 11.4 Å². The maximum atomic E-state index is 12.9. The van der Waals surface area contributed by atoms with Gasteiger partial charge in [-0.15, -0.1) is 0 Å². The van der Waals surface area contributed by atoms with Crippen LogP contribution in [0.5, 0.6) is 0 Å². The fourth-order valence-electron chi connectivity index (χ4n) is 2.74.